The maximum absolute atomic E-state index is 12.9. The number of amides is 1. The first-order valence-electron chi connectivity index (χ1n) is 9.18. The van der Waals surface area contributed by atoms with Crippen LogP contribution in [0.3, 0.4) is 0 Å². The minimum atomic E-state index is -3.61. The standard InChI is InChI=1S/C18H23N3O5S/c1-12(19-16-14-6-2-3-7-15(14)27(23,24)20-16)17(22)21-8-4-5-13(11-21)18-25-9-10-26-18/h2-3,6-7,12-13,18H,4-5,8-11H2,1H3,(H,19,20)/t12-,13?/m0/s1. The Morgan fingerprint density at radius 3 is 2.81 bits per heavy atom. The van der Waals surface area contributed by atoms with Gasteiger partial charge in [-0.05, 0) is 31.9 Å². The molecule has 1 unspecified atom stereocenters. The van der Waals surface area contributed by atoms with E-state index in [1.165, 1.54) is 6.07 Å². The summed E-state index contributed by atoms with van der Waals surface area (Å²) in [5.74, 6) is 0.270. The Hall–Kier alpha value is -1.97. The van der Waals surface area contributed by atoms with Crippen LogP contribution in [-0.2, 0) is 24.3 Å². The van der Waals surface area contributed by atoms with Crippen molar-refractivity contribution in [2.75, 3.05) is 26.3 Å². The predicted octanol–water partition coefficient (Wildman–Crippen LogP) is 0.725. The Kier molecular flexibility index (Phi) is 4.92. The molecule has 3 aliphatic rings. The van der Waals surface area contributed by atoms with Crippen LogP contribution in [-0.4, -0.2) is 63.7 Å². The molecule has 3 heterocycles. The average Bonchev–Trinajstić information content (AvgIpc) is 3.29. The van der Waals surface area contributed by atoms with Gasteiger partial charge in [0, 0.05) is 24.6 Å². The van der Waals surface area contributed by atoms with E-state index in [0.29, 0.717) is 31.9 Å². The zero-order valence-electron chi connectivity index (χ0n) is 15.1. The number of rotatable bonds is 3. The molecule has 146 valence electrons. The number of hydrogen-bond acceptors (Lipinski definition) is 6. The van der Waals surface area contributed by atoms with Gasteiger partial charge in [0.1, 0.15) is 11.9 Å². The van der Waals surface area contributed by atoms with Gasteiger partial charge < -0.3 is 14.4 Å². The smallest absolute Gasteiger partial charge is 0.263 e. The predicted molar refractivity (Wildman–Crippen MR) is 97.8 cm³/mol. The molecule has 0 aliphatic carbocycles. The quantitative estimate of drug-likeness (QED) is 0.816. The SMILES string of the molecule is C[C@H](N=C1NS(=O)(=O)c2ccccc21)C(=O)N1CCCC(C2OCCO2)C1. The number of hydrogen-bond donors (Lipinski definition) is 1. The number of carbonyl (C=O) groups excluding carboxylic acids is 1. The molecule has 3 aliphatic heterocycles. The van der Waals surface area contributed by atoms with Gasteiger partial charge in [-0.2, -0.15) is 0 Å². The van der Waals surface area contributed by atoms with Crippen LogP contribution < -0.4 is 4.72 Å². The highest BCUT2D eigenvalue weighted by atomic mass is 32.2. The minimum Gasteiger partial charge on any atom is -0.350 e. The van der Waals surface area contributed by atoms with Crippen molar-refractivity contribution in [1.82, 2.24) is 9.62 Å². The van der Waals surface area contributed by atoms with Crippen molar-refractivity contribution in [2.45, 2.75) is 37.0 Å². The molecule has 4 rings (SSSR count). The van der Waals surface area contributed by atoms with Crippen LogP contribution in [0.1, 0.15) is 25.3 Å². The number of likely N-dealkylation sites (tertiary alicyclic amines) is 1. The highest BCUT2D eigenvalue weighted by molar-refractivity contribution is 7.90. The summed E-state index contributed by atoms with van der Waals surface area (Å²) >= 11 is 0. The molecule has 0 saturated carbocycles. The first-order valence-corrected chi connectivity index (χ1v) is 10.7. The molecular formula is C18H23N3O5S. The van der Waals surface area contributed by atoms with Gasteiger partial charge >= 0.3 is 0 Å². The van der Waals surface area contributed by atoms with Crippen LogP contribution >= 0.6 is 0 Å². The number of aliphatic imine (C=N–C) groups is 1. The van der Waals surface area contributed by atoms with E-state index >= 15 is 0 Å². The number of fused-ring (bicyclic) bond motifs is 1. The van der Waals surface area contributed by atoms with Crippen molar-refractivity contribution in [3.8, 4) is 0 Å². The van der Waals surface area contributed by atoms with Gasteiger partial charge in [0.25, 0.3) is 10.0 Å². The fourth-order valence-electron chi connectivity index (χ4n) is 3.82. The number of nitrogens with one attached hydrogen (secondary N) is 1. The van der Waals surface area contributed by atoms with Gasteiger partial charge in [-0.15, -0.1) is 0 Å². The molecular weight excluding hydrogens is 370 g/mol. The first kappa shape index (κ1) is 18.4. The van der Waals surface area contributed by atoms with Crippen molar-refractivity contribution in [2.24, 2.45) is 10.9 Å². The minimum absolute atomic E-state index is 0.117. The van der Waals surface area contributed by atoms with Crippen LogP contribution in [0.4, 0.5) is 0 Å². The molecule has 9 heteroatoms. The Labute approximate surface area is 158 Å². The first-order chi connectivity index (χ1) is 13.0. The Balaban J connectivity index is 1.49. The Bertz CT molecular complexity index is 864. The topological polar surface area (TPSA) is 97.3 Å². The van der Waals surface area contributed by atoms with E-state index in [0.717, 1.165) is 12.8 Å². The van der Waals surface area contributed by atoms with Gasteiger partial charge in [0.2, 0.25) is 5.91 Å². The summed E-state index contributed by atoms with van der Waals surface area (Å²) < 4.78 is 38.0. The van der Waals surface area contributed by atoms with Crippen LogP contribution in [0.5, 0.6) is 0 Å². The molecule has 1 amide bonds. The van der Waals surface area contributed by atoms with E-state index in [9.17, 15) is 13.2 Å². The maximum atomic E-state index is 12.9. The number of amidine groups is 1. The van der Waals surface area contributed by atoms with Crippen LogP contribution in [0.25, 0.3) is 0 Å². The zero-order chi connectivity index (χ0) is 19.0. The molecule has 0 bridgehead atoms. The summed E-state index contributed by atoms with van der Waals surface area (Å²) in [4.78, 5) is 19.2. The molecule has 1 N–H and O–H groups in total. The van der Waals surface area contributed by atoms with Crippen molar-refractivity contribution in [3.63, 3.8) is 0 Å². The third-order valence-corrected chi connectivity index (χ3v) is 6.54. The van der Waals surface area contributed by atoms with E-state index in [1.54, 1.807) is 30.0 Å². The molecule has 0 spiro atoms. The molecule has 0 radical (unpaired) electrons. The zero-order valence-corrected chi connectivity index (χ0v) is 15.9. The second-order valence-electron chi connectivity index (χ2n) is 7.05. The Morgan fingerprint density at radius 1 is 1.30 bits per heavy atom. The van der Waals surface area contributed by atoms with Crippen LogP contribution in [0.15, 0.2) is 34.2 Å². The average molecular weight is 393 g/mol. The fraction of sp³-hybridized carbons (Fsp3) is 0.556. The second-order valence-corrected chi connectivity index (χ2v) is 8.70. The summed E-state index contributed by atoms with van der Waals surface area (Å²) in [5.41, 5.74) is 0.501. The summed E-state index contributed by atoms with van der Waals surface area (Å²) in [5, 5.41) is 0. The lowest BCUT2D eigenvalue weighted by atomic mass is 9.97. The summed E-state index contributed by atoms with van der Waals surface area (Å²) in [6, 6.07) is 5.95. The lowest BCUT2D eigenvalue weighted by molar-refractivity contribution is -0.140. The molecule has 27 heavy (non-hydrogen) atoms. The van der Waals surface area contributed by atoms with E-state index in [2.05, 4.69) is 9.71 Å². The monoisotopic (exact) mass is 393 g/mol. The number of carbonyl (C=O) groups is 1. The molecule has 0 aromatic heterocycles. The lowest BCUT2D eigenvalue weighted by Crippen LogP contribution is -2.47. The van der Waals surface area contributed by atoms with Crippen LogP contribution in [0.2, 0.25) is 0 Å². The second kappa shape index (κ2) is 7.21. The normalized spacial score (nSPS) is 27.4. The number of benzene rings is 1. The number of sulfonamides is 1. The molecule has 1 aromatic carbocycles. The van der Waals surface area contributed by atoms with E-state index in [4.69, 9.17) is 9.47 Å². The van der Waals surface area contributed by atoms with E-state index in [1.807, 2.05) is 0 Å². The van der Waals surface area contributed by atoms with Gasteiger partial charge in [0.15, 0.2) is 6.29 Å². The summed E-state index contributed by atoms with van der Waals surface area (Å²) in [7, 11) is -3.61. The fourth-order valence-corrected chi connectivity index (χ4v) is 5.06. The highest BCUT2D eigenvalue weighted by Crippen LogP contribution is 2.26. The highest BCUT2D eigenvalue weighted by Gasteiger charge is 2.35. The molecule has 8 nitrogen and oxygen atoms in total. The van der Waals surface area contributed by atoms with Crippen molar-refractivity contribution in [1.29, 1.82) is 0 Å². The maximum Gasteiger partial charge on any atom is 0.263 e. The summed E-state index contributed by atoms with van der Waals surface area (Å²) in [6.07, 6.45) is 1.61. The molecule has 2 atom stereocenters. The van der Waals surface area contributed by atoms with Gasteiger partial charge in [-0.3, -0.25) is 14.5 Å². The van der Waals surface area contributed by atoms with Crippen LogP contribution in [0, 0.1) is 5.92 Å². The number of piperidine rings is 1. The molecule has 2 fully saturated rings. The molecule has 1 aromatic rings. The lowest BCUT2D eigenvalue weighted by Gasteiger charge is -2.35. The molecule has 2 saturated heterocycles. The van der Waals surface area contributed by atoms with Gasteiger partial charge in [0.05, 0.1) is 18.1 Å². The van der Waals surface area contributed by atoms with Gasteiger partial charge in [-0.25, -0.2) is 8.42 Å². The third-order valence-electron chi connectivity index (χ3n) is 5.14. The number of nitrogens with zero attached hydrogens (tertiary/aromatic N) is 2. The largest absolute Gasteiger partial charge is 0.350 e. The summed E-state index contributed by atoms with van der Waals surface area (Å²) in [6.45, 7) is 4.12. The van der Waals surface area contributed by atoms with Crippen molar-refractivity contribution < 1.29 is 22.7 Å². The van der Waals surface area contributed by atoms with Crippen molar-refractivity contribution in [3.05, 3.63) is 29.8 Å². The van der Waals surface area contributed by atoms with Crippen molar-refractivity contribution >= 4 is 21.8 Å². The van der Waals surface area contributed by atoms with Gasteiger partial charge in [-0.1, -0.05) is 12.1 Å². The Morgan fingerprint density at radius 2 is 2.04 bits per heavy atom. The van der Waals surface area contributed by atoms with E-state index < -0.39 is 16.1 Å². The van der Waals surface area contributed by atoms with E-state index in [-0.39, 0.29) is 28.8 Å². The number of ether oxygens (including phenoxy) is 2. The third kappa shape index (κ3) is 3.59.